The summed E-state index contributed by atoms with van der Waals surface area (Å²) in [5.41, 5.74) is 6.12. The van der Waals surface area contributed by atoms with E-state index in [9.17, 15) is 4.21 Å². The lowest BCUT2D eigenvalue weighted by Crippen LogP contribution is -2.12. The van der Waals surface area contributed by atoms with Crippen molar-refractivity contribution in [2.75, 3.05) is 11.5 Å². The number of anilines is 1. The molecule has 3 N–H and O–H groups in total. The van der Waals surface area contributed by atoms with Gasteiger partial charge in [0.15, 0.2) is 0 Å². The molecule has 72 valence electrons. The minimum Gasteiger partial charge on any atom is -0.399 e. The highest BCUT2D eigenvalue weighted by atomic mass is 32.2. The van der Waals surface area contributed by atoms with E-state index in [1.54, 1.807) is 31.2 Å². The van der Waals surface area contributed by atoms with E-state index >= 15 is 0 Å². The van der Waals surface area contributed by atoms with Gasteiger partial charge in [-0.3, -0.25) is 4.21 Å². The van der Waals surface area contributed by atoms with Crippen molar-refractivity contribution >= 4 is 16.5 Å². The predicted molar refractivity (Wildman–Crippen MR) is 53.8 cm³/mol. The smallest absolute Gasteiger partial charge is 0.0630 e. The quantitative estimate of drug-likeness (QED) is 0.706. The van der Waals surface area contributed by atoms with Gasteiger partial charge in [0.1, 0.15) is 0 Å². The third-order valence-corrected chi connectivity index (χ3v) is 3.08. The summed E-state index contributed by atoms with van der Waals surface area (Å²) in [5, 5.41) is 9.03. The molecule has 2 atom stereocenters. The number of hydrogen-bond donors (Lipinski definition) is 2. The molecule has 0 bridgehead atoms. The highest BCUT2D eigenvalue weighted by molar-refractivity contribution is 7.85. The van der Waals surface area contributed by atoms with Crippen molar-refractivity contribution in [1.82, 2.24) is 0 Å². The number of aliphatic hydroxyl groups is 1. The monoisotopic (exact) mass is 199 g/mol. The summed E-state index contributed by atoms with van der Waals surface area (Å²) in [7, 11) is -1.15. The third kappa shape index (κ3) is 3.16. The Kier molecular flexibility index (Phi) is 3.45. The Morgan fingerprint density at radius 2 is 2.31 bits per heavy atom. The molecule has 0 aliphatic rings. The van der Waals surface area contributed by atoms with E-state index in [2.05, 4.69) is 0 Å². The van der Waals surface area contributed by atoms with Crippen LogP contribution >= 0.6 is 0 Å². The molecular weight excluding hydrogens is 186 g/mol. The first-order valence-electron chi connectivity index (χ1n) is 4.01. The maximum absolute atomic E-state index is 11.5. The molecule has 0 radical (unpaired) electrons. The highest BCUT2D eigenvalue weighted by Crippen LogP contribution is 2.11. The van der Waals surface area contributed by atoms with Crippen LogP contribution in [-0.4, -0.2) is 21.2 Å². The van der Waals surface area contributed by atoms with Crippen molar-refractivity contribution in [2.24, 2.45) is 0 Å². The van der Waals surface area contributed by atoms with Gasteiger partial charge in [0.25, 0.3) is 0 Å². The van der Waals surface area contributed by atoms with Gasteiger partial charge >= 0.3 is 0 Å². The van der Waals surface area contributed by atoms with Crippen LogP contribution in [0.15, 0.2) is 29.2 Å². The van der Waals surface area contributed by atoms with Crippen LogP contribution in [0.1, 0.15) is 6.92 Å². The van der Waals surface area contributed by atoms with Gasteiger partial charge in [-0.15, -0.1) is 0 Å². The van der Waals surface area contributed by atoms with E-state index in [1.807, 2.05) is 0 Å². The lowest BCUT2D eigenvalue weighted by atomic mass is 10.3. The molecule has 0 spiro atoms. The van der Waals surface area contributed by atoms with Crippen LogP contribution in [0.3, 0.4) is 0 Å². The van der Waals surface area contributed by atoms with Gasteiger partial charge in [-0.05, 0) is 25.1 Å². The largest absolute Gasteiger partial charge is 0.399 e. The van der Waals surface area contributed by atoms with E-state index in [-0.39, 0.29) is 5.75 Å². The molecule has 0 aromatic heterocycles. The van der Waals surface area contributed by atoms with Gasteiger partial charge in [0.2, 0.25) is 0 Å². The average Bonchev–Trinajstić information content (AvgIpc) is 2.03. The van der Waals surface area contributed by atoms with Crippen LogP contribution in [0, 0.1) is 0 Å². The van der Waals surface area contributed by atoms with E-state index < -0.39 is 16.9 Å². The van der Waals surface area contributed by atoms with E-state index in [0.717, 1.165) is 0 Å². The van der Waals surface area contributed by atoms with Crippen LogP contribution in [0.25, 0.3) is 0 Å². The number of nitrogens with two attached hydrogens (primary N) is 1. The molecule has 1 aromatic carbocycles. The zero-order chi connectivity index (χ0) is 9.84. The molecule has 0 saturated heterocycles. The second kappa shape index (κ2) is 4.39. The summed E-state index contributed by atoms with van der Waals surface area (Å²) in [5.74, 6) is 0.253. The van der Waals surface area contributed by atoms with Crippen molar-refractivity contribution < 1.29 is 9.32 Å². The molecule has 0 amide bonds. The summed E-state index contributed by atoms with van der Waals surface area (Å²) in [6.07, 6.45) is -0.553. The summed E-state index contributed by atoms with van der Waals surface area (Å²) in [6, 6.07) is 6.90. The highest BCUT2D eigenvalue weighted by Gasteiger charge is 2.06. The molecule has 1 aromatic rings. The first-order valence-corrected chi connectivity index (χ1v) is 5.33. The van der Waals surface area contributed by atoms with Crippen molar-refractivity contribution in [3.8, 4) is 0 Å². The van der Waals surface area contributed by atoms with Crippen LogP contribution in [0.5, 0.6) is 0 Å². The molecule has 13 heavy (non-hydrogen) atoms. The number of rotatable bonds is 3. The van der Waals surface area contributed by atoms with Gasteiger partial charge in [0, 0.05) is 10.6 Å². The maximum Gasteiger partial charge on any atom is 0.0630 e. The topological polar surface area (TPSA) is 63.3 Å². The van der Waals surface area contributed by atoms with Crippen molar-refractivity contribution in [3.63, 3.8) is 0 Å². The lowest BCUT2D eigenvalue weighted by Gasteiger charge is -2.04. The zero-order valence-corrected chi connectivity index (χ0v) is 8.25. The third-order valence-electron chi connectivity index (χ3n) is 1.51. The normalized spacial score (nSPS) is 15.2. The minimum atomic E-state index is -1.15. The molecule has 4 heteroatoms. The standard InChI is InChI=1S/C9H13NO2S/c1-7(11)6-13(12)9-4-2-3-8(10)5-9/h2-5,7,11H,6,10H2,1H3. The molecule has 1 rings (SSSR count). The summed E-state index contributed by atoms with van der Waals surface area (Å²) < 4.78 is 11.5. The predicted octanol–water partition coefficient (Wildman–Crippen LogP) is 0.757. The summed E-state index contributed by atoms with van der Waals surface area (Å²) >= 11 is 0. The van der Waals surface area contributed by atoms with Gasteiger partial charge in [0.05, 0.1) is 22.7 Å². The van der Waals surface area contributed by atoms with Crippen LogP contribution in [-0.2, 0) is 10.8 Å². The van der Waals surface area contributed by atoms with Gasteiger partial charge < -0.3 is 10.8 Å². The molecule has 0 fully saturated rings. The Morgan fingerprint density at radius 1 is 1.62 bits per heavy atom. The van der Waals surface area contributed by atoms with Gasteiger partial charge in [-0.1, -0.05) is 6.07 Å². The van der Waals surface area contributed by atoms with E-state index in [0.29, 0.717) is 10.6 Å². The molecule has 2 unspecified atom stereocenters. The molecule has 0 aliphatic carbocycles. The first kappa shape index (κ1) is 10.2. The second-order valence-corrected chi connectivity index (χ2v) is 4.43. The fraction of sp³-hybridized carbons (Fsp3) is 0.333. The Bertz CT molecular complexity index is 312. The Morgan fingerprint density at radius 3 is 2.85 bits per heavy atom. The van der Waals surface area contributed by atoms with Crippen molar-refractivity contribution in [1.29, 1.82) is 0 Å². The zero-order valence-electron chi connectivity index (χ0n) is 7.43. The number of aliphatic hydroxyl groups excluding tert-OH is 1. The second-order valence-electron chi connectivity index (χ2n) is 2.93. The fourth-order valence-corrected chi connectivity index (χ4v) is 2.10. The number of benzene rings is 1. The SMILES string of the molecule is CC(O)CS(=O)c1cccc(N)c1. The average molecular weight is 199 g/mol. The van der Waals surface area contributed by atoms with Crippen LogP contribution in [0.2, 0.25) is 0 Å². The van der Waals surface area contributed by atoms with Gasteiger partial charge in [-0.25, -0.2) is 0 Å². The summed E-state index contributed by atoms with van der Waals surface area (Å²) in [6.45, 7) is 1.62. The van der Waals surface area contributed by atoms with Crippen molar-refractivity contribution in [2.45, 2.75) is 17.9 Å². The Labute approximate surface area is 80.0 Å². The Hall–Kier alpha value is -0.870. The molecule has 3 nitrogen and oxygen atoms in total. The minimum absolute atomic E-state index is 0.253. The van der Waals surface area contributed by atoms with Crippen LogP contribution in [0.4, 0.5) is 5.69 Å². The lowest BCUT2D eigenvalue weighted by molar-refractivity contribution is 0.219. The molecule has 0 heterocycles. The number of hydrogen-bond acceptors (Lipinski definition) is 3. The van der Waals surface area contributed by atoms with E-state index in [1.165, 1.54) is 0 Å². The van der Waals surface area contributed by atoms with E-state index in [4.69, 9.17) is 10.8 Å². The Balaban J connectivity index is 2.77. The number of nitrogen functional groups attached to an aromatic ring is 1. The first-order chi connectivity index (χ1) is 6.09. The maximum atomic E-state index is 11.5. The molecular formula is C9H13NO2S. The molecule has 0 aliphatic heterocycles. The summed E-state index contributed by atoms with van der Waals surface area (Å²) in [4.78, 5) is 0.668. The van der Waals surface area contributed by atoms with Gasteiger partial charge in [-0.2, -0.15) is 0 Å². The molecule has 0 saturated carbocycles. The van der Waals surface area contributed by atoms with Crippen LogP contribution < -0.4 is 5.73 Å². The fourth-order valence-electron chi connectivity index (χ4n) is 0.971. The van der Waals surface area contributed by atoms with Crippen molar-refractivity contribution in [3.05, 3.63) is 24.3 Å².